The summed E-state index contributed by atoms with van der Waals surface area (Å²) < 4.78 is 5.08. The van der Waals surface area contributed by atoms with Gasteiger partial charge in [-0.3, -0.25) is 0 Å². The maximum absolute atomic E-state index is 5.08. The zero-order valence-electron chi connectivity index (χ0n) is 9.79. The van der Waals surface area contributed by atoms with Gasteiger partial charge in [-0.1, -0.05) is 20.3 Å². The number of pyridine rings is 1. The van der Waals surface area contributed by atoms with Crippen molar-refractivity contribution in [3.05, 3.63) is 18.3 Å². The molecule has 15 heavy (non-hydrogen) atoms. The highest BCUT2D eigenvalue weighted by molar-refractivity contribution is 5.45. The van der Waals surface area contributed by atoms with E-state index in [-0.39, 0.29) is 0 Å². The van der Waals surface area contributed by atoms with Crippen LogP contribution in [-0.2, 0) is 0 Å². The van der Waals surface area contributed by atoms with Crippen molar-refractivity contribution in [2.45, 2.75) is 39.2 Å². The number of aromatic nitrogens is 1. The van der Waals surface area contributed by atoms with Crippen molar-refractivity contribution in [1.29, 1.82) is 0 Å². The summed E-state index contributed by atoms with van der Waals surface area (Å²) >= 11 is 0. The number of nitrogens with zero attached hydrogens (tertiary/aromatic N) is 1. The summed E-state index contributed by atoms with van der Waals surface area (Å²) in [5, 5.41) is 3.48. The van der Waals surface area contributed by atoms with Crippen LogP contribution in [-0.4, -0.2) is 18.1 Å². The highest BCUT2D eigenvalue weighted by Gasteiger charge is 2.05. The first-order valence-corrected chi connectivity index (χ1v) is 5.56. The first kappa shape index (κ1) is 11.8. The molecule has 0 amide bonds. The van der Waals surface area contributed by atoms with Gasteiger partial charge in [-0.25, -0.2) is 4.98 Å². The second-order valence-corrected chi connectivity index (χ2v) is 3.63. The number of anilines is 1. The van der Waals surface area contributed by atoms with Gasteiger partial charge in [-0.2, -0.15) is 0 Å². The highest BCUT2D eigenvalue weighted by Crippen LogP contribution is 2.16. The number of hydrogen-bond acceptors (Lipinski definition) is 3. The minimum Gasteiger partial charge on any atom is -0.481 e. The fourth-order valence-corrected chi connectivity index (χ4v) is 1.57. The summed E-state index contributed by atoms with van der Waals surface area (Å²) in [6.45, 7) is 4.41. The summed E-state index contributed by atoms with van der Waals surface area (Å²) in [6, 6.07) is 4.45. The molecular weight excluding hydrogens is 188 g/mol. The molecule has 0 fully saturated rings. The predicted molar refractivity (Wildman–Crippen MR) is 63.4 cm³/mol. The van der Waals surface area contributed by atoms with E-state index >= 15 is 0 Å². The van der Waals surface area contributed by atoms with Crippen molar-refractivity contribution in [1.82, 2.24) is 4.98 Å². The van der Waals surface area contributed by atoms with Crippen LogP contribution < -0.4 is 10.1 Å². The molecule has 0 saturated heterocycles. The maximum atomic E-state index is 5.08. The molecule has 0 aliphatic carbocycles. The van der Waals surface area contributed by atoms with Crippen molar-refractivity contribution in [2.75, 3.05) is 12.4 Å². The van der Waals surface area contributed by atoms with E-state index in [1.807, 2.05) is 12.1 Å². The monoisotopic (exact) mass is 208 g/mol. The van der Waals surface area contributed by atoms with Gasteiger partial charge in [-0.15, -0.1) is 0 Å². The maximum Gasteiger partial charge on any atom is 0.214 e. The second kappa shape index (κ2) is 6.27. The van der Waals surface area contributed by atoms with Gasteiger partial charge in [0.2, 0.25) is 5.88 Å². The SMILES string of the molecule is CCCC(CC)Nc1ccnc(OC)c1. The normalized spacial score (nSPS) is 12.2. The minimum atomic E-state index is 0.544. The molecular formula is C12H20N2O. The van der Waals surface area contributed by atoms with E-state index < -0.39 is 0 Å². The predicted octanol–water partition coefficient (Wildman–Crippen LogP) is 3.08. The third-order valence-corrected chi connectivity index (χ3v) is 2.44. The first-order valence-electron chi connectivity index (χ1n) is 5.56. The van der Waals surface area contributed by atoms with Gasteiger partial charge >= 0.3 is 0 Å². The molecule has 0 radical (unpaired) electrons. The molecule has 1 N–H and O–H groups in total. The quantitative estimate of drug-likeness (QED) is 0.780. The van der Waals surface area contributed by atoms with Gasteiger partial charge in [0.1, 0.15) is 0 Å². The van der Waals surface area contributed by atoms with E-state index in [2.05, 4.69) is 24.1 Å². The fraction of sp³-hybridized carbons (Fsp3) is 0.583. The van der Waals surface area contributed by atoms with Crippen molar-refractivity contribution < 1.29 is 4.74 Å². The molecule has 1 unspecified atom stereocenters. The first-order chi connectivity index (χ1) is 7.30. The zero-order chi connectivity index (χ0) is 11.1. The summed E-state index contributed by atoms with van der Waals surface area (Å²) in [4.78, 5) is 4.07. The van der Waals surface area contributed by atoms with E-state index in [4.69, 9.17) is 4.74 Å². The van der Waals surface area contributed by atoms with Crippen LogP contribution >= 0.6 is 0 Å². The number of ether oxygens (including phenoxy) is 1. The Kier molecular flexibility index (Phi) is 4.95. The number of nitrogens with one attached hydrogen (secondary N) is 1. The molecule has 0 aliphatic rings. The topological polar surface area (TPSA) is 34.2 Å². The Balaban J connectivity index is 2.61. The molecule has 0 aliphatic heterocycles. The number of rotatable bonds is 6. The molecule has 1 aromatic heterocycles. The van der Waals surface area contributed by atoms with Crippen LogP contribution in [0.3, 0.4) is 0 Å². The molecule has 3 nitrogen and oxygen atoms in total. The molecule has 0 saturated carbocycles. The standard InChI is InChI=1S/C12H20N2O/c1-4-6-10(5-2)14-11-7-8-13-12(9-11)15-3/h7-10H,4-6H2,1-3H3,(H,13,14). The Morgan fingerprint density at radius 2 is 2.27 bits per heavy atom. The Morgan fingerprint density at radius 1 is 1.47 bits per heavy atom. The Hall–Kier alpha value is -1.25. The molecule has 0 spiro atoms. The van der Waals surface area contributed by atoms with Gasteiger partial charge < -0.3 is 10.1 Å². The molecule has 1 aromatic rings. The molecule has 0 bridgehead atoms. The second-order valence-electron chi connectivity index (χ2n) is 3.63. The van der Waals surface area contributed by atoms with Crippen molar-refractivity contribution in [3.63, 3.8) is 0 Å². The lowest BCUT2D eigenvalue weighted by Gasteiger charge is -2.17. The zero-order valence-corrected chi connectivity index (χ0v) is 9.79. The van der Waals surface area contributed by atoms with Gasteiger partial charge in [0.15, 0.2) is 0 Å². The van der Waals surface area contributed by atoms with Gasteiger partial charge in [0.25, 0.3) is 0 Å². The molecule has 1 rings (SSSR count). The Bertz CT molecular complexity index is 289. The van der Waals surface area contributed by atoms with E-state index in [0.29, 0.717) is 11.9 Å². The lowest BCUT2D eigenvalue weighted by atomic mass is 10.1. The third kappa shape index (κ3) is 3.78. The Morgan fingerprint density at radius 3 is 2.87 bits per heavy atom. The summed E-state index contributed by atoms with van der Waals surface area (Å²) in [5.74, 6) is 0.659. The van der Waals surface area contributed by atoms with Crippen molar-refractivity contribution in [3.8, 4) is 5.88 Å². The van der Waals surface area contributed by atoms with Crippen LogP contribution in [0.5, 0.6) is 5.88 Å². The summed E-state index contributed by atoms with van der Waals surface area (Å²) in [6.07, 6.45) is 5.30. The van der Waals surface area contributed by atoms with E-state index in [1.54, 1.807) is 13.3 Å². The average molecular weight is 208 g/mol. The van der Waals surface area contributed by atoms with Crippen molar-refractivity contribution >= 4 is 5.69 Å². The minimum absolute atomic E-state index is 0.544. The number of hydrogen-bond donors (Lipinski definition) is 1. The lowest BCUT2D eigenvalue weighted by molar-refractivity contribution is 0.398. The van der Waals surface area contributed by atoms with Crippen LogP contribution in [0.4, 0.5) is 5.69 Å². The van der Waals surface area contributed by atoms with Crippen LogP contribution in [0.1, 0.15) is 33.1 Å². The van der Waals surface area contributed by atoms with Crippen LogP contribution in [0, 0.1) is 0 Å². The Labute approximate surface area is 91.9 Å². The third-order valence-electron chi connectivity index (χ3n) is 2.44. The summed E-state index contributed by atoms with van der Waals surface area (Å²) in [7, 11) is 1.63. The van der Waals surface area contributed by atoms with Crippen molar-refractivity contribution in [2.24, 2.45) is 0 Å². The van der Waals surface area contributed by atoms with Crippen LogP contribution in [0.2, 0.25) is 0 Å². The van der Waals surface area contributed by atoms with E-state index in [0.717, 1.165) is 12.1 Å². The smallest absolute Gasteiger partial charge is 0.214 e. The molecule has 1 atom stereocenters. The van der Waals surface area contributed by atoms with Gasteiger partial charge in [0, 0.05) is 24.0 Å². The highest BCUT2D eigenvalue weighted by atomic mass is 16.5. The molecule has 1 heterocycles. The lowest BCUT2D eigenvalue weighted by Crippen LogP contribution is -2.17. The molecule has 84 valence electrons. The molecule has 0 aromatic carbocycles. The van der Waals surface area contributed by atoms with E-state index in [9.17, 15) is 0 Å². The van der Waals surface area contributed by atoms with Gasteiger partial charge in [-0.05, 0) is 18.9 Å². The van der Waals surface area contributed by atoms with Crippen LogP contribution in [0.15, 0.2) is 18.3 Å². The summed E-state index contributed by atoms with van der Waals surface area (Å²) in [5.41, 5.74) is 1.09. The number of methoxy groups -OCH3 is 1. The average Bonchev–Trinajstić information content (AvgIpc) is 2.29. The van der Waals surface area contributed by atoms with E-state index in [1.165, 1.54) is 12.8 Å². The van der Waals surface area contributed by atoms with Gasteiger partial charge in [0.05, 0.1) is 7.11 Å². The fourth-order valence-electron chi connectivity index (χ4n) is 1.57. The van der Waals surface area contributed by atoms with Crippen LogP contribution in [0.25, 0.3) is 0 Å². The molecule has 3 heteroatoms. The largest absolute Gasteiger partial charge is 0.481 e.